The second kappa shape index (κ2) is 8.29. The molecule has 1 aromatic rings. The van der Waals surface area contributed by atoms with E-state index < -0.39 is 0 Å². The van der Waals surface area contributed by atoms with Crippen LogP contribution in [0.1, 0.15) is 18.4 Å². The highest BCUT2D eigenvalue weighted by atomic mass is 79.9. The van der Waals surface area contributed by atoms with E-state index in [0.29, 0.717) is 39.3 Å². The first kappa shape index (κ1) is 18.4. The van der Waals surface area contributed by atoms with Gasteiger partial charge < -0.3 is 15.0 Å². The molecule has 2 amide bonds. The molecule has 1 aromatic carbocycles. The summed E-state index contributed by atoms with van der Waals surface area (Å²) in [4.78, 5) is 28.5. The van der Waals surface area contributed by atoms with Crippen LogP contribution >= 0.6 is 15.9 Å². The number of carbonyl (C=O) groups excluding carboxylic acids is 2. The zero-order valence-electron chi connectivity index (χ0n) is 14.5. The van der Waals surface area contributed by atoms with Gasteiger partial charge in [-0.2, -0.15) is 0 Å². The molecule has 7 heteroatoms. The maximum absolute atomic E-state index is 12.3. The Hall–Kier alpha value is -1.44. The third-order valence-electron chi connectivity index (χ3n) is 4.65. The average Bonchev–Trinajstić information content (AvgIpc) is 3.12. The molecule has 0 bridgehead atoms. The summed E-state index contributed by atoms with van der Waals surface area (Å²) in [5.41, 5.74) is 1.92. The van der Waals surface area contributed by atoms with Gasteiger partial charge in [0, 0.05) is 37.3 Å². The summed E-state index contributed by atoms with van der Waals surface area (Å²) in [5.74, 6) is 0.0636. The molecule has 25 heavy (non-hydrogen) atoms. The van der Waals surface area contributed by atoms with Crippen LogP contribution in [0.5, 0.6) is 0 Å². The first-order valence-corrected chi connectivity index (χ1v) is 9.51. The standard InChI is InChI=1S/C18H24BrN3O3/c1-13-4-5-15(14(19)11-13)20-17(23)12-21-6-8-22(9-7-21)18(24)16-3-2-10-25-16/h4-5,11,16H,2-3,6-10,12H2,1H3,(H,20,23). The molecule has 6 nitrogen and oxygen atoms in total. The van der Waals surface area contributed by atoms with E-state index in [0.717, 1.165) is 28.6 Å². The van der Waals surface area contributed by atoms with Crippen molar-refractivity contribution in [3.05, 3.63) is 28.2 Å². The lowest BCUT2D eigenvalue weighted by atomic mass is 10.2. The van der Waals surface area contributed by atoms with Gasteiger partial charge in [-0.3, -0.25) is 14.5 Å². The number of halogens is 1. The molecule has 0 radical (unpaired) electrons. The van der Waals surface area contributed by atoms with E-state index in [1.165, 1.54) is 0 Å². The summed E-state index contributed by atoms with van der Waals surface area (Å²) in [5, 5.41) is 2.94. The van der Waals surface area contributed by atoms with Crippen molar-refractivity contribution in [2.45, 2.75) is 25.9 Å². The van der Waals surface area contributed by atoms with Crippen molar-refractivity contribution in [1.29, 1.82) is 0 Å². The number of rotatable bonds is 4. The first-order chi connectivity index (χ1) is 12.0. The van der Waals surface area contributed by atoms with E-state index in [1.54, 1.807) is 0 Å². The number of benzene rings is 1. The highest BCUT2D eigenvalue weighted by Gasteiger charge is 2.30. The van der Waals surface area contributed by atoms with E-state index >= 15 is 0 Å². The molecule has 0 spiro atoms. The van der Waals surface area contributed by atoms with Crippen LogP contribution in [0.4, 0.5) is 5.69 Å². The van der Waals surface area contributed by atoms with Gasteiger partial charge in [0.25, 0.3) is 5.91 Å². The fraction of sp³-hybridized carbons (Fsp3) is 0.556. The predicted octanol–water partition coefficient (Wildman–Crippen LogP) is 2.02. The Morgan fingerprint density at radius 3 is 2.68 bits per heavy atom. The smallest absolute Gasteiger partial charge is 0.251 e. The number of hydrogen-bond acceptors (Lipinski definition) is 4. The number of nitrogens with zero attached hydrogens (tertiary/aromatic N) is 2. The topological polar surface area (TPSA) is 61.9 Å². The highest BCUT2D eigenvalue weighted by molar-refractivity contribution is 9.10. The van der Waals surface area contributed by atoms with Crippen LogP contribution in [0.2, 0.25) is 0 Å². The van der Waals surface area contributed by atoms with Crippen molar-refractivity contribution < 1.29 is 14.3 Å². The van der Waals surface area contributed by atoms with Crippen LogP contribution in [0, 0.1) is 6.92 Å². The molecule has 2 aliphatic rings. The zero-order valence-corrected chi connectivity index (χ0v) is 16.0. The van der Waals surface area contributed by atoms with Crippen molar-refractivity contribution >= 4 is 33.4 Å². The van der Waals surface area contributed by atoms with Crippen LogP contribution in [0.25, 0.3) is 0 Å². The molecule has 1 N–H and O–H groups in total. The molecule has 1 atom stereocenters. The number of nitrogens with one attached hydrogen (secondary N) is 1. The van der Waals surface area contributed by atoms with Crippen molar-refractivity contribution in [2.24, 2.45) is 0 Å². The van der Waals surface area contributed by atoms with E-state index in [2.05, 4.69) is 26.1 Å². The first-order valence-electron chi connectivity index (χ1n) is 8.71. The number of amides is 2. The summed E-state index contributed by atoms with van der Waals surface area (Å²) >= 11 is 3.47. The van der Waals surface area contributed by atoms with Crippen LogP contribution in [-0.4, -0.2) is 67.0 Å². The quantitative estimate of drug-likeness (QED) is 0.825. The Kier molecular flexibility index (Phi) is 6.09. The van der Waals surface area contributed by atoms with Crippen molar-refractivity contribution in [2.75, 3.05) is 44.6 Å². The minimum absolute atomic E-state index is 0.0385. The minimum Gasteiger partial charge on any atom is -0.368 e. The second-order valence-electron chi connectivity index (χ2n) is 6.63. The van der Waals surface area contributed by atoms with E-state index in [-0.39, 0.29) is 17.9 Å². The maximum Gasteiger partial charge on any atom is 0.251 e. The van der Waals surface area contributed by atoms with Gasteiger partial charge in [0.05, 0.1) is 12.2 Å². The molecule has 0 aliphatic carbocycles. The van der Waals surface area contributed by atoms with Crippen LogP contribution in [0.3, 0.4) is 0 Å². The summed E-state index contributed by atoms with van der Waals surface area (Å²) in [7, 11) is 0. The van der Waals surface area contributed by atoms with Gasteiger partial charge in [0.2, 0.25) is 5.91 Å². The van der Waals surface area contributed by atoms with E-state index in [4.69, 9.17) is 4.74 Å². The number of anilines is 1. The summed E-state index contributed by atoms with van der Waals surface area (Å²) < 4.78 is 6.35. The van der Waals surface area contributed by atoms with Crippen LogP contribution in [0.15, 0.2) is 22.7 Å². The van der Waals surface area contributed by atoms with E-state index in [1.807, 2.05) is 30.0 Å². The molecule has 2 aliphatic heterocycles. The SMILES string of the molecule is Cc1ccc(NC(=O)CN2CCN(C(=O)C3CCCO3)CC2)c(Br)c1. The van der Waals surface area contributed by atoms with Crippen LogP contribution < -0.4 is 5.32 Å². The summed E-state index contributed by atoms with van der Waals surface area (Å²) in [6.45, 7) is 5.75. The number of carbonyl (C=O) groups is 2. The fourth-order valence-electron chi connectivity index (χ4n) is 3.22. The van der Waals surface area contributed by atoms with Gasteiger partial charge in [-0.15, -0.1) is 0 Å². The molecule has 0 aromatic heterocycles. The monoisotopic (exact) mass is 409 g/mol. The molecule has 136 valence electrons. The number of hydrogen-bond donors (Lipinski definition) is 1. The third kappa shape index (κ3) is 4.80. The lowest BCUT2D eigenvalue weighted by molar-refractivity contribution is -0.142. The molecule has 0 saturated carbocycles. The lowest BCUT2D eigenvalue weighted by Crippen LogP contribution is -2.52. The Morgan fingerprint density at radius 1 is 1.28 bits per heavy atom. The van der Waals surface area contributed by atoms with Gasteiger partial charge in [-0.25, -0.2) is 0 Å². The second-order valence-corrected chi connectivity index (χ2v) is 7.49. The summed E-state index contributed by atoms with van der Waals surface area (Å²) in [6.07, 6.45) is 1.53. The molecular formula is C18H24BrN3O3. The minimum atomic E-state index is -0.256. The Bertz CT molecular complexity index is 638. The Morgan fingerprint density at radius 2 is 2.04 bits per heavy atom. The molecule has 3 rings (SSSR count). The molecule has 2 saturated heterocycles. The molecule has 2 heterocycles. The summed E-state index contributed by atoms with van der Waals surface area (Å²) in [6, 6.07) is 5.84. The number of ether oxygens (including phenoxy) is 1. The van der Waals surface area contributed by atoms with Gasteiger partial charge in [-0.1, -0.05) is 6.07 Å². The number of piperazine rings is 1. The highest BCUT2D eigenvalue weighted by Crippen LogP contribution is 2.23. The van der Waals surface area contributed by atoms with Gasteiger partial charge in [0.1, 0.15) is 6.10 Å². The lowest BCUT2D eigenvalue weighted by Gasteiger charge is -2.35. The average molecular weight is 410 g/mol. The molecular weight excluding hydrogens is 386 g/mol. The molecule has 2 fully saturated rings. The normalized spacial score (nSPS) is 21.4. The Labute approximate surface area is 156 Å². The van der Waals surface area contributed by atoms with Crippen molar-refractivity contribution in [1.82, 2.24) is 9.80 Å². The number of aryl methyl sites for hydroxylation is 1. The predicted molar refractivity (Wildman–Crippen MR) is 99.5 cm³/mol. The van der Waals surface area contributed by atoms with E-state index in [9.17, 15) is 9.59 Å². The van der Waals surface area contributed by atoms with Crippen molar-refractivity contribution in [3.63, 3.8) is 0 Å². The Balaban J connectivity index is 1.45. The zero-order chi connectivity index (χ0) is 17.8. The van der Waals surface area contributed by atoms with Gasteiger partial charge >= 0.3 is 0 Å². The maximum atomic E-state index is 12.3. The largest absolute Gasteiger partial charge is 0.368 e. The van der Waals surface area contributed by atoms with Crippen LogP contribution in [-0.2, 0) is 14.3 Å². The van der Waals surface area contributed by atoms with Gasteiger partial charge in [0.15, 0.2) is 0 Å². The molecule has 1 unspecified atom stereocenters. The fourth-order valence-corrected chi connectivity index (χ4v) is 3.81. The third-order valence-corrected chi connectivity index (χ3v) is 5.31. The van der Waals surface area contributed by atoms with Crippen molar-refractivity contribution in [3.8, 4) is 0 Å². The van der Waals surface area contributed by atoms with Gasteiger partial charge in [-0.05, 0) is 53.4 Å².